The van der Waals surface area contributed by atoms with Crippen molar-refractivity contribution < 1.29 is 0 Å². The van der Waals surface area contributed by atoms with Gasteiger partial charge in [-0.1, -0.05) is 55.8 Å². The average molecular weight is 186 g/mol. The zero-order valence-corrected chi connectivity index (χ0v) is 9.46. The van der Waals surface area contributed by atoms with Gasteiger partial charge in [0.15, 0.2) is 0 Å². The Bertz CT molecular complexity index is 413. The van der Waals surface area contributed by atoms with Crippen molar-refractivity contribution in [1.29, 1.82) is 0 Å². The van der Waals surface area contributed by atoms with E-state index in [-0.39, 0.29) is 0 Å². The molecule has 0 fully saturated rings. The SMILES string of the molecule is CC.Cc1ccc2c(C)cccc2c1. The molecule has 0 bridgehead atoms. The Morgan fingerprint density at radius 2 is 1.57 bits per heavy atom. The topological polar surface area (TPSA) is 0 Å². The summed E-state index contributed by atoms with van der Waals surface area (Å²) >= 11 is 0. The third-order valence-electron chi connectivity index (χ3n) is 2.25. The highest BCUT2D eigenvalue weighted by atomic mass is 14.0. The first-order valence-corrected chi connectivity index (χ1v) is 5.23. The van der Waals surface area contributed by atoms with Gasteiger partial charge in [0.25, 0.3) is 0 Å². The van der Waals surface area contributed by atoms with Crippen LogP contribution in [0.1, 0.15) is 25.0 Å². The molecule has 0 N–H and O–H groups in total. The van der Waals surface area contributed by atoms with Crippen LogP contribution in [-0.4, -0.2) is 0 Å². The molecule has 2 aromatic carbocycles. The summed E-state index contributed by atoms with van der Waals surface area (Å²) < 4.78 is 0. The molecular formula is C14H18. The van der Waals surface area contributed by atoms with Crippen LogP contribution in [0.25, 0.3) is 10.8 Å². The molecule has 0 heteroatoms. The summed E-state index contributed by atoms with van der Waals surface area (Å²) in [5, 5.41) is 2.71. The molecule has 0 aliphatic rings. The van der Waals surface area contributed by atoms with Gasteiger partial charge in [0.05, 0.1) is 0 Å². The minimum atomic E-state index is 1.33. The van der Waals surface area contributed by atoms with Gasteiger partial charge in [0, 0.05) is 0 Å². The number of aryl methyl sites for hydroxylation is 2. The Hall–Kier alpha value is -1.30. The third-order valence-corrected chi connectivity index (χ3v) is 2.25. The van der Waals surface area contributed by atoms with E-state index < -0.39 is 0 Å². The summed E-state index contributed by atoms with van der Waals surface area (Å²) in [7, 11) is 0. The lowest BCUT2D eigenvalue weighted by atomic mass is 10.0. The number of hydrogen-bond donors (Lipinski definition) is 0. The molecule has 0 atom stereocenters. The van der Waals surface area contributed by atoms with E-state index in [4.69, 9.17) is 0 Å². The molecule has 0 heterocycles. The maximum atomic E-state index is 2.22. The third kappa shape index (κ3) is 2.14. The Labute approximate surface area is 86.6 Å². The smallest absolute Gasteiger partial charge is 0.0155 e. The molecule has 0 radical (unpaired) electrons. The van der Waals surface area contributed by atoms with Gasteiger partial charge in [-0.3, -0.25) is 0 Å². The Balaban J connectivity index is 0.000000461. The van der Waals surface area contributed by atoms with Crippen LogP contribution in [0.5, 0.6) is 0 Å². The molecule has 0 unspecified atom stereocenters. The second kappa shape index (κ2) is 4.80. The largest absolute Gasteiger partial charge is 0.0683 e. The van der Waals surface area contributed by atoms with E-state index in [9.17, 15) is 0 Å². The van der Waals surface area contributed by atoms with Crippen LogP contribution in [0.3, 0.4) is 0 Å². The second-order valence-electron chi connectivity index (χ2n) is 3.30. The molecule has 0 aliphatic heterocycles. The van der Waals surface area contributed by atoms with E-state index in [2.05, 4.69) is 50.2 Å². The standard InChI is InChI=1S/C12H12.C2H6/c1-9-6-7-12-10(2)4-3-5-11(12)8-9;1-2/h3-8H,1-2H3;1-2H3. The first-order chi connectivity index (χ1) is 6.77. The van der Waals surface area contributed by atoms with E-state index >= 15 is 0 Å². The zero-order chi connectivity index (χ0) is 10.6. The molecule has 74 valence electrons. The normalized spacial score (nSPS) is 9.43. The lowest BCUT2D eigenvalue weighted by molar-refractivity contribution is 1.48. The van der Waals surface area contributed by atoms with Crippen LogP contribution in [0, 0.1) is 13.8 Å². The number of benzene rings is 2. The fourth-order valence-electron chi connectivity index (χ4n) is 1.57. The number of rotatable bonds is 0. The van der Waals surface area contributed by atoms with E-state index in [1.807, 2.05) is 13.8 Å². The molecule has 0 amide bonds. The van der Waals surface area contributed by atoms with Gasteiger partial charge in [-0.05, 0) is 30.2 Å². The lowest BCUT2D eigenvalue weighted by Crippen LogP contribution is -1.78. The van der Waals surface area contributed by atoms with Gasteiger partial charge in [-0.25, -0.2) is 0 Å². The van der Waals surface area contributed by atoms with Crippen molar-refractivity contribution in [3.05, 3.63) is 47.5 Å². The number of hydrogen-bond acceptors (Lipinski definition) is 0. The van der Waals surface area contributed by atoms with E-state index in [0.717, 1.165) is 0 Å². The van der Waals surface area contributed by atoms with Crippen molar-refractivity contribution in [2.24, 2.45) is 0 Å². The molecule has 0 saturated heterocycles. The Morgan fingerprint density at radius 3 is 2.29 bits per heavy atom. The van der Waals surface area contributed by atoms with E-state index in [1.165, 1.54) is 21.9 Å². The minimum absolute atomic E-state index is 1.33. The van der Waals surface area contributed by atoms with Gasteiger partial charge >= 0.3 is 0 Å². The van der Waals surface area contributed by atoms with Crippen molar-refractivity contribution in [1.82, 2.24) is 0 Å². The van der Waals surface area contributed by atoms with Crippen LogP contribution in [0.2, 0.25) is 0 Å². The molecule has 0 spiro atoms. The van der Waals surface area contributed by atoms with Crippen LogP contribution in [0.15, 0.2) is 36.4 Å². The fourth-order valence-corrected chi connectivity index (χ4v) is 1.57. The average Bonchev–Trinajstić information content (AvgIpc) is 2.21. The van der Waals surface area contributed by atoms with Crippen molar-refractivity contribution in [2.75, 3.05) is 0 Å². The lowest BCUT2D eigenvalue weighted by Gasteiger charge is -2.01. The summed E-state index contributed by atoms with van der Waals surface area (Å²) in [6.45, 7) is 8.28. The van der Waals surface area contributed by atoms with Crippen molar-refractivity contribution in [3.63, 3.8) is 0 Å². The van der Waals surface area contributed by atoms with Gasteiger partial charge in [0.1, 0.15) is 0 Å². The van der Waals surface area contributed by atoms with E-state index in [1.54, 1.807) is 0 Å². The highest BCUT2D eigenvalue weighted by Gasteiger charge is 1.94. The first-order valence-electron chi connectivity index (χ1n) is 5.23. The molecule has 0 aliphatic carbocycles. The molecule has 14 heavy (non-hydrogen) atoms. The van der Waals surface area contributed by atoms with Gasteiger partial charge < -0.3 is 0 Å². The highest BCUT2D eigenvalue weighted by molar-refractivity contribution is 5.85. The van der Waals surface area contributed by atoms with Gasteiger partial charge in [-0.15, -0.1) is 0 Å². The molecular weight excluding hydrogens is 168 g/mol. The monoisotopic (exact) mass is 186 g/mol. The predicted octanol–water partition coefficient (Wildman–Crippen LogP) is 4.48. The molecule has 0 aromatic heterocycles. The summed E-state index contributed by atoms with van der Waals surface area (Å²) in [4.78, 5) is 0. The summed E-state index contributed by atoms with van der Waals surface area (Å²) in [6.07, 6.45) is 0. The predicted molar refractivity (Wildman–Crippen MR) is 64.8 cm³/mol. The highest BCUT2D eigenvalue weighted by Crippen LogP contribution is 2.18. The maximum Gasteiger partial charge on any atom is -0.0155 e. The minimum Gasteiger partial charge on any atom is -0.0683 e. The molecule has 2 rings (SSSR count). The zero-order valence-electron chi connectivity index (χ0n) is 9.46. The molecule has 2 aromatic rings. The summed E-state index contributed by atoms with van der Waals surface area (Å²) in [6, 6.07) is 13.0. The van der Waals surface area contributed by atoms with Crippen molar-refractivity contribution in [2.45, 2.75) is 27.7 Å². The van der Waals surface area contributed by atoms with Crippen LogP contribution >= 0.6 is 0 Å². The van der Waals surface area contributed by atoms with Crippen LogP contribution < -0.4 is 0 Å². The molecule has 0 saturated carbocycles. The van der Waals surface area contributed by atoms with Crippen molar-refractivity contribution >= 4 is 10.8 Å². The van der Waals surface area contributed by atoms with Gasteiger partial charge in [0.2, 0.25) is 0 Å². The number of fused-ring (bicyclic) bond motifs is 1. The summed E-state index contributed by atoms with van der Waals surface area (Å²) in [5.74, 6) is 0. The second-order valence-corrected chi connectivity index (χ2v) is 3.30. The quantitative estimate of drug-likeness (QED) is 0.569. The van der Waals surface area contributed by atoms with Gasteiger partial charge in [-0.2, -0.15) is 0 Å². The first kappa shape index (κ1) is 10.8. The Kier molecular flexibility index (Phi) is 3.70. The molecule has 0 nitrogen and oxygen atoms in total. The van der Waals surface area contributed by atoms with E-state index in [0.29, 0.717) is 0 Å². The van der Waals surface area contributed by atoms with Crippen LogP contribution in [0.4, 0.5) is 0 Å². The Morgan fingerprint density at radius 1 is 0.857 bits per heavy atom. The fraction of sp³-hybridized carbons (Fsp3) is 0.286. The summed E-state index contributed by atoms with van der Waals surface area (Å²) in [5.41, 5.74) is 2.68. The van der Waals surface area contributed by atoms with Crippen LogP contribution in [-0.2, 0) is 0 Å². The maximum absolute atomic E-state index is 2.22. The van der Waals surface area contributed by atoms with Crippen molar-refractivity contribution in [3.8, 4) is 0 Å².